The molecular weight excluding hydrogens is 1140 g/mol. The van der Waals surface area contributed by atoms with Crippen molar-refractivity contribution in [3.63, 3.8) is 0 Å². The van der Waals surface area contributed by atoms with Crippen LogP contribution in [-0.4, -0.2) is 154 Å². The summed E-state index contributed by atoms with van der Waals surface area (Å²) in [7, 11) is 0. The van der Waals surface area contributed by atoms with Crippen molar-refractivity contribution in [3.05, 3.63) is 142 Å². The Labute approximate surface area is 523 Å². The summed E-state index contributed by atoms with van der Waals surface area (Å²) in [6.07, 6.45) is 2.46. The predicted molar refractivity (Wildman–Crippen MR) is 336 cm³/mol. The van der Waals surface area contributed by atoms with Gasteiger partial charge in [0.05, 0.1) is 38.0 Å². The summed E-state index contributed by atoms with van der Waals surface area (Å²) in [5, 5.41) is 57.8. The third kappa shape index (κ3) is 26.2. The molecule has 0 fully saturated rings. The van der Waals surface area contributed by atoms with E-state index < -0.39 is 69.9 Å². The topological polar surface area (TPSA) is 327 Å². The smallest absolute Gasteiger partial charge is 0.408 e. The van der Waals surface area contributed by atoms with Gasteiger partial charge < -0.3 is 71.3 Å². The van der Waals surface area contributed by atoms with E-state index in [0.29, 0.717) is 74.1 Å². The molecule has 0 aliphatic carbocycles. The van der Waals surface area contributed by atoms with E-state index in [4.69, 9.17) is 18.9 Å². The molecule has 0 bridgehead atoms. The molecule has 3 unspecified atom stereocenters. The fourth-order valence-corrected chi connectivity index (χ4v) is 9.00. The number of hydrogen-bond donors (Lipinski definition) is 10. The Morgan fingerprint density at radius 3 is 0.899 bits per heavy atom. The van der Waals surface area contributed by atoms with Gasteiger partial charge in [-0.05, 0) is 124 Å². The number of rotatable bonds is 37. The Morgan fingerprint density at radius 2 is 0.629 bits per heavy atom. The molecule has 22 nitrogen and oxygen atoms in total. The molecule has 22 heteroatoms. The molecule has 3 atom stereocenters. The van der Waals surface area contributed by atoms with Crippen molar-refractivity contribution in [2.45, 2.75) is 180 Å². The lowest BCUT2D eigenvalue weighted by Crippen LogP contribution is -2.44. The average molecular weight is 1240 g/mol. The molecule has 4 aromatic rings. The monoisotopic (exact) mass is 1240 g/mol. The number of urea groups is 2. The zero-order valence-corrected chi connectivity index (χ0v) is 53.4. The van der Waals surface area contributed by atoms with Crippen LogP contribution in [-0.2, 0) is 18.9 Å². The fourth-order valence-electron chi connectivity index (χ4n) is 9.00. The van der Waals surface area contributed by atoms with Crippen LogP contribution in [0.3, 0.4) is 0 Å². The maximum atomic E-state index is 13.1. The minimum atomic E-state index is -1.57. The Hall–Kier alpha value is -7.60. The first-order valence-electron chi connectivity index (χ1n) is 30.4. The van der Waals surface area contributed by atoms with Gasteiger partial charge in [-0.1, -0.05) is 123 Å². The molecule has 6 amide bonds. The summed E-state index contributed by atoms with van der Waals surface area (Å²) in [6.45, 7) is 19.1. The summed E-state index contributed by atoms with van der Waals surface area (Å²) in [5.41, 5.74) is -2.94. The second kappa shape index (κ2) is 35.0. The molecule has 0 spiro atoms. The number of benzene rings is 4. The molecular formula is C67H94N6O16. The van der Waals surface area contributed by atoms with Crippen LogP contribution < -0.4 is 31.9 Å². The van der Waals surface area contributed by atoms with E-state index in [0.717, 1.165) is 25.7 Å². The van der Waals surface area contributed by atoms with E-state index in [1.54, 1.807) is 97.1 Å². The van der Waals surface area contributed by atoms with Gasteiger partial charge in [-0.3, -0.25) is 19.2 Å². The number of Topliss-reactive ketones (excluding diaryl/α,β-unsaturated/α-hetero) is 4. The first kappa shape index (κ1) is 73.9. The van der Waals surface area contributed by atoms with Crippen molar-refractivity contribution >= 4 is 47.4 Å². The van der Waals surface area contributed by atoms with Gasteiger partial charge >= 0.3 is 24.2 Å². The highest BCUT2D eigenvalue weighted by atomic mass is 16.6. The van der Waals surface area contributed by atoms with Crippen molar-refractivity contribution in [1.29, 1.82) is 0 Å². The normalized spacial score (nSPS) is 13.0. The molecule has 0 saturated heterocycles. The van der Waals surface area contributed by atoms with Crippen LogP contribution in [0, 0.1) is 0 Å². The average Bonchev–Trinajstić information content (AvgIpc) is 1.35. The second-order valence-electron chi connectivity index (χ2n) is 24.6. The quantitative estimate of drug-likeness (QED) is 0.0149. The molecule has 0 radical (unpaired) electrons. The van der Waals surface area contributed by atoms with Crippen LogP contribution in [0.2, 0.25) is 0 Å². The Bertz CT molecular complexity index is 2790. The van der Waals surface area contributed by atoms with Gasteiger partial charge in [-0.2, -0.15) is 0 Å². The first-order chi connectivity index (χ1) is 41.7. The van der Waals surface area contributed by atoms with Crippen LogP contribution >= 0.6 is 0 Å². The lowest BCUT2D eigenvalue weighted by molar-refractivity contribution is -0.0152. The standard InChI is InChI=1S/C67H94N6O16/c1-43(72-60(78)68-36-16-12-14-18-38-70-62(80)88-54(46-20-28-50(29-21-46)56(74)64(4,5)82)47-22-30-51(31-23-47)57(75)65(6,7)83)40-86-42-45(3)87-41-44(2)73-61(79)69-37-17-13-15-19-39-71-63(81)89-55(48-24-32-52(33-25-48)58(76)66(8,9)84)49-26-34-53(35-27-49)59(77)67(10,11)85/h20-35,43-45,54-55,82-85H,12-19,36-42H2,1-11H3,(H,70,80)(H,71,81)(H2,68,72,78)(H2,69,73,79). The van der Waals surface area contributed by atoms with Crippen molar-refractivity contribution in [2.24, 2.45) is 0 Å². The molecule has 4 aromatic carbocycles. The summed E-state index contributed by atoms with van der Waals surface area (Å²) >= 11 is 0. The maximum absolute atomic E-state index is 13.1. The van der Waals surface area contributed by atoms with Gasteiger partial charge in [0.2, 0.25) is 0 Å². The van der Waals surface area contributed by atoms with Crippen molar-refractivity contribution in [2.75, 3.05) is 46.0 Å². The summed E-state index contributed by atoms with van der Waals surface area (Å²) in [4.78, 5) is 102. The van der Waals surface area contributed by atoms with Crippen LogP contribution in [0.1, 0.15) is 203 Å². The lowest BCUT2D eigenvalue weighted by Gasteiger charge is -2.21. The number of hydrogen-bond acceptors (Lipinski definition) is 16. The van der Waals surface area contributed by atoms with Crippen LogP contribution in [0.25, 0.3) is 0 Å². The number of ether oxygens (including phenoxy) is 4. The summed E-state index contributed by atoms with van der Waals surface area (Å²) in [5.74, 6) is -1.86. The Morgan fingerprint density at radius 1 is 0.371 bits per heavy atom. The van der Waals surface area contributed by atoms with Gasteiger partial charge in [0, 0.05) is 48.4 Å². The number of amides is 6. The molecule has 89 heavy (non-hydrogen) atoms. The largest absolute Gasteiger partial charge is 0.436 e. The number of aliphatic hydroxyl groups is 4. The molecule has 488 valence electrons. The SMILES string of the molecule is CC(COCC(C)OCC(C)NC(=O)NCCCCCCNC(=O)OC(c1ccc(C(=O)C(C)(C)O)cc1)c1ccc(C(=O)C(C)(C)O)cc1)NC(=O)NCCCCCCNC(=O)OC(c1ccc(C(=O)C(C)(C)O)cc1)c1ccc(C(=O)C(C)(C)O)cc1. The van der Waals surface area contributed by atoms with E-state index in [9.17, 15) is 58.8 Å². The molecule has 10 N–H and O–H groups in total. The number of alkyl carbamates (subject to hydrolysis) is 2. The van der Waals surface area contributed by atoms with Crippen LogP contribution in [0.4, 0.5) is 19.2 Å². The molecule has 0 aromatic heterocycles. The minimum Gasteiger partial charge on any atom is -0.436 e. The van der Waals surface area contributed by atoms with Crippen molar-refractivity contribution in [1.82, 2.24) is 31.9 Å². The highest BCUT2D eigenvalue weighted by Crippen LogP contribution is 2.30. The van der Waals surface area contributed by atoms with E-state index in [-0.39, 0.29) is 72.3 Å². The van der Waals surface area contributed by atoms with E-state index >= 15 is 0 Å². The Balaban J connectivity index is 1.03. The number of unbranched alkanes of at least 4 members (excludes halogenated alkanes) is 6. The summed E-state index contributed by atoms with van der Waals surface area (Å²) in [6, 6.07) is 24.3. The molecule has 4 rings (SSSR count). The first-order valence-corrected chi connectivity index (χ1v) is 30.4. The van der Waals surface area contributed by atoms with Gasteiger partial charge in [0.25, 0.3) is 0 Å². The number of carbonyl (C=O) groups is 8. The number of ketones is 4. The van der Waals surface area contributed by atoms with Crippen LogP contribution in [0.5, 0.6) is 0 Å². The zero-order valence-electron chi connectivity index (χ0n) is 53.4. The third-order valence-corrected chi connectivity index (χ3v) is 14.0. The van der Waals surface area contributed by atoms with Gasteiger partial charge in [0.1, 0.15) is 22.4 Å². The minimum absolute atomic E-state index is 0.252. The van der Waals surface area contributed by atoms with Gasteiger partial charge in [-0.25, -0.2) is 19.2 Å². The zero-order chi connectivity index (χ0) is 66.1. The van der Waals surface area contributed by atoms with E-state index in [1.807, 2.05) is 20.8 Å². The molecule has 0 saturated carbocycles. The van der Waals surface area contributed by atoms with E-state index in [2.05, 4.69) is 31.9 Å². The Kier molecular flexibility index (Phi) is 29.0. The highest BCUT2D eigenvalue weighted by Gasteiger charge is 2.30. The molecule has 0 aliphatic rings. The number of nitrogens with one attached hydrogen (secondary N) is 6. The highest BCUT2D eigenvalue weighted by molar-refractivity contribution is 6.03. The predicted octanol–water partition coefficient (Wildman–Crippen LogP) is 8.75. The number of carbonyl (C=O) groups excluding carboxylic acids is 8. The van der Waals surface area contributed by atoms with E-state index in [1.165, 1.54) is 55.4 Å². The molecule has 0 aliphatic heterocycles. The maximum Gasteiger partial charge on any atom is 0.408 e. The summed E-state index contributed by atoms with van der Waals surface area (Å²) < 4.78 is 23.4. The fraction of sp³-hybridized carbons (Fsp3) is 0.522. The van der Waals surface area contributed by atoms with Crippen LogP contribution in [0.15, 0.2) is 97.1 Å². The van der Waals surface area contributed by atoms with Gasteiger partial charge in [-0.15, -0.1) is 0 Å². The molecule has 0 heterocycles. The van der Waals surface area contributed by atoms with Crippen molar-refractivity contribution < 1.29 is 77.7 Å². The van der Waals surface area contributed by atoms with Crippen molar-refractivity contribution in [3.8, 4) is 0 Å². The second-order valence-corrected chi connectivity index (χ2v) is 24.6. The lowest BCUT2D eigenvalue weighted by atomic mass is 9.92. The third-order valence-electron chi connectivity index (χ3n) is 14.0. The van der Waals surface area contributed by atoms with Gasteiger partial charge in [0.15, 0.2) is 35.3 Å².